The number of hydrogen-bond acceptors (Lipinski definition) is 2. The lowest BCUT2D eigenvalue weighted by Gasteiger charge is -2.09. The SMILES string of the molecule is Cl.OC1CNC(c2ccc(F)cc2)C1. The fourth-order valence-electron chi connectivity index (χ4n) is 1.67. The Labute approximate surface area is 88.5 Å². The van der Waals surface area contributed by atoms with Crippen LogP contribution in [0.5, 0.6) is 0 Å². The molecule has 2 unspecified atom stereocenters. The van der Waals surface area contributed by atoms with E-state index in [0.717, 1.165) is 5.56 Å². The quantitative estimate of drug-likeness (QED) is 0.750. The van der Waals surface area contributed by atoms with Gasteiger partial charge in [0.15, 0.2) is 0 Å². The summed E-state index contributed by atoms with van der Waals surface area (Å²) in [6.07, 6.45) is 0.445. The third-order valence-electron chi connectivity index (χ3n) is 2.38. The maximum Gasteiger partial charge on any atom is 0.123 e. The Bertz CT molecular complexity index is 291. The number of aliphatic hydroxyl groups is 1. The van der Waals surface area contributed by atoms with Gasteiger partial charge in [-0.05, 0) is 24.1 Å². The zero-order valence-corrected chi connectivity index (χ0v) is 8.43. The smallest absolute Gasteiger partial charge is 0.123 e. The number of rotatable bonds is 1. The fourth-order valence-corrected chi connectivity index (χ4v) is 1.67. The Balaban J connectivity index is 0.000000980. The molecule has 2 rings (SSSR count). The summed E-state index contributed by atoms with van der Waals surface area (Å²) < 4.78 is 12.6. The second-order valence-electron chi connectivity index (χ2n) is 3.40. The topological polar surface area (TPSA) is 32.3 Å². The summed E-state index contributed by atoms with van der Waals surface area (Å²) in [4.78, 5) is 0. The third-order valence-corrected chi connectivity index (χ3v) is 2.38. The highest BCUT2D eigenvalue weighted by Crippen LogP contribution is 2.23. The Morgan fingerprint density at radius 2 is 1.93 bits per heavy atom. The van der Waals surface area contributed by atoms with E-state index in [1.54, 1.807) is 12.1 Å². The molecule has 1 saturated heterocycles. The van der Waals surface area contributed by atoms with E-state index >= 15 is 0 Å². The molecule has 0 bridgehead atoms. The van der Waals surface area contributed by atoms with Crippen LogP contribution in [0.15, 0.2) is 24.3 Å². The number of benzene rings is 1. The van der Waals surface area contributed by atoms with Crippen LogP contribution >= 0.6 is 12.4 Å². The van der Waals surface area contributed by atoms with Gasteiger partial charge in [0.05, 0.1) is 6.10 Å². The minimum atomic E-state index is -0.268. The van der Waals surface area contributed by atoms with E-state index in [9.17, 15) is 9.50 Å². The highest BCUT2D eigenvalue weighted by molar-refractivity contribution is 5.85. The molecule has 2 N–H and O–H groups in total. The summed E-state index contributed by atoms with van der Waals surface area (Å²) in [5.74, 6) is -0.220. The molecule has 1 heterocycles. The molecule has 78 valence electrons. The van der Waals surface area contributed by atoms with E-state index in [1.807, 2.05) is 0 Å². The largest absolute Gasteiger partial charge is 0.392 e. The van der Waals surface area contributed by atoms with E-state index in [1.165, 1.54) is 12.1 Å². The second kappa shape index (κ2) is 4.73. The lowest BCUT2D eigenvalue weighted by Crippen LogP contribution is -2.14. The fraction of sp³-hybridized carbons (Fsp3) is 0.400. The summed E-state index contributed by atoms with van der Waals surface area (Å²) in [6.45, 7) is 0.627. The van der Waals surface area contributed by atoms with Gasteiger partial charge in [0.25, 0.3) is 0 Å². The molecule has 1 aromatic rings. The number of nitrogens with one attached hydrogen (secondary N) is 1. The van der Waals surface area contributed by atoms with E-state index in [0.29, 0.717) is 13.0 Å². The Hall–Kier alpha value is -0.640. The first-order chi connectivity index (χ1) is 6.25. The van der Waals surface area contributed by atoms with Crippen LogP contribution in [0.4, 0.5) is 4.39 Å². The predicted octanol–water partition coefficient (Wildman–Crippen LogP) is 1.64. The van der Waals surface area contributed by atoms with E-state index in [2.05, 4.69) is 5.32 Å². The summed E-state index contributed by atoms with van der Waals surface area (Å²) >= 11 is 0. The van der Waals surface area contributed by atoms with Crippen molar-refractivity contribution in [3.05, 3.63) is 35.6 Å². The van der Waals surface area contributed by atoms with Crippen LogP contribution < -0.4 is 5.32 Å². The Morgan fingerprint density at radius 3 is 2.43 bits per heavy atom. The van der Waals surface area contributed by atoms with Gasteiger partial charge in [0.1, 0.15) is 5.82 Å². The maximum absolute atomic E-state index is 12.6. The van der Waals surface area contributed by atoms with Crippen LogP contribution in [-0.4, -0.2) is 17.8 Å². The molecule has 1 aliphatic heterocycles. The molecule has 2 nitrogen and oxygen atoms in total. The number of halogens is 2. The predicted molar refractivity (Wildman–Crippen MR) is 55.0 cm³/mol. The Kier molecular flexibility index (Phi) is 3.86. The van der Waals surface area contributed by atoms with Crippen LogP contribution in [-0.2, 0) is 0 Å². The van der Waals surface area contributed by atoms with Gasteiger partial charge in [-0.1, -0.05) is 12.1 Å². The third kappa shape index (κ3) is 2.44. The van der Waals surface area contributed by atoms with Gasteiger partial charge in [-0.2, -0.15) is 0 Å². The van der Waals surface area contributed by atoms with Crippen LogP contribution in [0.2, 0.25) is 0 Å². The average molecular weight is 218 g/mol. The summed E-state index contributed by atoms with van der Waals surface area (Å²) in [6, 6.07) is 6.58. The van der Waals surface area contributed by atoms with Crippen molar-refractivity contribution in [2.75, 3.05) is 6.54 Å². The van der Waals surface area contributed by atoms with E-state index in [4.69, 9.17) is 0 Å². The van der Waals surface area contributed by atoms with Gasteiger partial charge in [0, 0.05) is 12.6 Å². The monoisotopic (exact) mass is 217 g/mol. The zero-order valence-electron chi connectivity index (χ0n) is 7.61. The van der Waals surface area contributed by atoms with Crippen LogP contribution in [0.3, 0.4) is 0 Å². The van der Waals surface area contributed by atoms with E-state index in [-0.39, 0.29) is 30.4 Å². The molecule has 0 amide bonds. The van der Waals surface area contributed by atoms with Gasteiger partial charge in [-0.25, -0.2) is 4.39 Å². The number of hydrogen-bond donors (Lipinski definition) is 2. The number of β-amino-alcohol motifs (C(OH)–C–C–N with tert-alkyl or cyclic N) is 1. The molecule has 0 aliphatic carbocycles. The standard InChI is InChI=1S/C10H12FNO.ClH/c11-8-3-1-7(2-4-8)10-5-9(13)6-12-10;/h1-4,9-10,12-13H,5-6H2;1H. The number of aliphatic hydroxyl groups excluding tert-OH is 1. The molecule has 14 heavy (non-hydrogen) atoms. The summed E-state index contributed by atoms with van der Waals surface area (Å²) in [5.41, 5.74) is 1.04. The molecule has 1 fully saturated rings. The lowest BCUT2D eigenvalue weighted by atomic mass is 10.1. The summed E-state index contributed by atoms with van der Waals surface area (Å²) in [7, 11) is 0. The molecular formula is C10H13ClFNO. The highest BCUT2D eigenvalue weighted by Gasteiger charge is 2.22. The first-order valence-electron chi connectivity index (χ1n) is 4.42. The average Bonchev–Trinajstić information content (AvgIpc) is 2.53. The molecule has 1 aromatic carbocycles. The van der Waals surface area contributed by atoms with Crippen molar-refractivity contribution < 1.29 is 9.50 Å². The van der Waals surface area contributed by atoms with Crippen molar-refractivity contribution in [3.63, 3.8) is 0 Å². The van der Waals surface area contributed by atoms with Gasteiger partial charge < -0.3 is 10.4 Å². The molecule has 0 aromatic heterocycles. The highest BCUT2D eigenvalue weighted by atomic mass is 35.5. The van der Waals surface area contributed by atoms with Crippen LogP contribution in [0.1, 0.15) is 18.0 Å². The summed E-state index contributed by atoms with van der Waals surface area (Å²) in [5, 5.41) is 12.4. The maximum atomic E-state index is 12.6. The molecule has 0 spiro atoms. The van der Waals surface area contributed by atoms with E-state index < -0.39 is 0 Å². The Morgan fingerprint density at radius 1 is 1.29 bits per heavy atom. The van der Waals surface area contributed by atoms with Crippen molar-refractivity contribution in [1.29, 1.82) is 0 Å². The first kappa shape index (κ1) is 11.4. The molecule has 2 atom stereocenters. The minimum Gasteiger partial charge on any atom is -0.392 e. The molecule has 1 aliphatic rings. The van der Waals surface area contributed by atoms with Gasteiger partial charge in [-0.3, -0.25) is 0 Å². The molecule has 0 radical (unpaired) electrons. The zero-order chi connectivity index (χ0) is 9.26. The van der Waals surface area contributed by atoms with Crippen molar-refractivity contribution >= 4 is 12.4 Å². The molecule has 4 heteroatoms. The normalized spacial score (nSPS) is 25.9. The van der Waals surface area contributed by atoms with Crippen LogP contribution in [0.25, 0.3) is 0 Å². The van der Waals surface area contributed by atoms with Crippen molar-refractivity contribution in [2.45, 2.75) is 18.6 Å². The van der Waals surface area contributed by atoms with Crippen molar-refractivity contribution in [3.8, 4) is 0 Å². The second-order valence-corrected chi connectivity index (χ2v) is 3.40. The van der Waals surface area contributed by atoms with Crippen molar-refractivity contribution in [2.24, 2.45) is 0 Å². The van der Waals surface area contributed by atoms with Gasteiger partial charge in [-0.15, -0.1) is 12.4 Å². The van der Waals surface area contributed by atoms with Gasteiger partial charge in [0.2, 0.25) is 0 Å². The molecule has 0 saturated carbocycles. The molecular weight excluding hydrogens is 205 g/mol. The first-order valence-corrected chi connectivity index (χ1v) is 4.42. The van der Waals surface area contributed by atoms with Crippen molar-refractivity contribution in [1.82, 2.24) is 5.32 Å². The lowest BCUT2D eigenvalue weighted by molar-refractivity contribution is 0.193. The van der Waals surface area contributed by atoms with Crippen LogP contribution in [0, 0.1) is 5.82 Å². The van der Waals surface area contributed by atoms with Gasteiger partial charge >= 0.3 is 0 Å². The minimum absolute atomic E-state index is 0.